The molecule has 0 aliphatic rings. The second kappa shape index (κ2) is 18.2. The van der Waals surface area contributed by atoms with Crippen LogP contribution in [0.4, 0.5) is 0 Å². The number of Topliss-reactive ketones (excluding diaryl/α,β-unsaturated/α-hetero) is 1. The summed E-state index contributed by atoms with van der Waals surface area (Å²) in [5.74, 6) is 0.291. The smallest absolute Gasteiger partial charge is 0.246 e. The number of hydrogen-bond acceptors (Lipinski definition) is 2. The molecule has 1 N–H and O–H groups in total. The van der Waals surface area contributed by atoms with Crippen molar-refractivity contribution in [3.8, 4) is 0 Å². The summed E-state index contributed by atoms with van der Waals surface area (Å²) in [5, 5.41) is 3.01. The normalized spacial score (nSPS) is 14.4. The second-order valence-corrected chi connectivity index (χ2v) is 11.2. The van der Waals surface area contributed by atoms with Crippen LogP contribution in [0.1, 0.15) is 127 Å². The van der Waals surface area contributed by atoms with Crippen molar-refractivity contribution >= 4 is 11.7 Å². The first-order valence-corrected chi connectivity index (χ1v) is 13.4. The molecule has 0 bridgehead atoms. The molecule has 0 aromatic heterocycles. The molecule has 0 fully saturated rings. The lowest BCUT2D eigenvalue weighted by Gasteiger charge is -2.20. The molecular formula is C32H53NO2. The zero-order valence-electron chi connectivity index (χ0n) is 24.3. The van der Waals surface area contributed by atoms with E-state index < -0.39 is 0 Å². The van der Waals surface area contributed by atoms with E-state index in [0.717, 1.165) is 63.4 Å². The predicted molar refractivity (Wildman–Crippen MR) is 154 cm³/mol. The van der Waals surface area contributed by atoms with Crippen LogP contribution < -0.4 is 5.32 Å². The number of amides is 1. The van der Waals surface area contributed by atoms with Gasteiger partial charge in [0.25, 0.3) is 0 Å². The van der Waals surface area contributed by atoms with E-state index in [1.54, 1.807) is 6.92 Å². The highest BCUT2D eigenvalue weighted by Crippen LogP contribution is 2.15. The Labute approximate surface area is 216 Å². The minimum atomic E-state index is -0.197. The van der Waals surface area contributed by atoms with E-state index in [9.17, 15) is 9.59 Å². The van der Waals surface area contributed by atoms with Gasteiger partial charge in [-0.3, -0.25) is 4.79 Å². The summed E-state index contributed by atoms with van der Waals surface area (Å²) in [6.07, 6.45) is 21.3. The highest BCUT2D eigenvalue weighted by molar-refractivity contribution is 5.93. The minimum absolute atomic E-state index is 0.0260. The van der Waals surface area contributed by atoms with Gasteiger partial charge in [-0.1, -0.05) is 52.7 Å². The molecular weight excluding hydrogens is 430 g/mol. The van der Waals surface area contributed by atoms with Crippen LogP contribution in [0.5, 0.6) is 0 Å². The van der Waals surface area contributed by atoms with Crippen molar-refractivity contribution in [3.05, 3.63) is 58.2 Å². The zero-order valence-corrected chi connectivity index (χ0v) is 24.3. The van der Waals surface area contributed by atoms with E-state index in [1.165, 1.54) is 22.3 Å². The fraction of sp³-hybridized carbons (Fsp3) is 0.625. The lowest BCUT2D eigenvalue weighted by molar-refractivity contribution is -0.119. The van der Waals surface area contributed by atoms with Crippen molar-refractivity contribution < 1.29 is 9.59 Å². The summed E-state index contributed by atoms with van der Waals surface area (Å²) < 4.78 is 0. The molecule has 0 spiro atoms. The molecule has 0 unspecified atom stereocenters. The molecule has 1 amide bonds. The van der Waals surface area contributed by atoms with E-state index in [-0.39, 0.29) is 17.2 Å². The largest absolute Gasteiger partial charge is 0.348 e. The average molecular weight is 484 g/mol. The van der Waals surface area contributed by atoms with Crippen molar-refractivity contribution in [2.24, 2.45) is 0 Å². The number of hydrogen-bond donors (Lipinski definition) is 1. The van der Waals surface area contributed by atoms with E-state index in [2.05, 4.69) is 57.3 Å². The molecule has 0 aliphatic carbocycles. The van der Waals surface area contributed by atoms with E-state index in [1.807, 2.05) is 33.8 Å². The van der Waals surface area contributed by atoms with Gasteiger partial charge in [0.2, 0.25) is 5.91 Å². The third-order valence-electron chi connectivity index (χ3n) is 5.92. The maximum Gasteiger partial charge on any atom is 0.246 e. The van der Waals surface area contributed by atoms with Crippen LogP contribution >= 0.6 is 0 Å². The van der Waals surface area contributed by atoms with Crippen molar-refractivity contribution in [1.82, 2.24) is 5.32 Å². The summed E-state index contributed by atoms with van der Waals surface area (Å²) in [5.41, 5.74) is 6.29. The molecule has 0 saturated carbocycles. The highest BCUT2D eigenvalue weighted by atomic mass is 16.1. The molecule has 0 saturated heterocycles. The molecule has 0 heterocycles. The third-order valence-corrected chi connectivity index (χ3v) is 5.92. The van der Waals surface area contributed by atoms with E-state index >= 15 is 0 Å². The Kier molecular flexibility index (Phi) is 17.0. The first-order valence-electron chi connectivity index (χ1n) is 13.4. The number of allylic oxidation sites excluding steroid dienone is 9. The third kappa shape index (κ3) is 20.9. The lowest BCUT2D eigenvalue weighted by Crippen LogP contribution is -2.40. The van der Waals surface area contributed by atoms with Gasteiger partial charge in [0.05, 0.1) is 0 Å². The Hall–Kier alpha value is -2.16. The van der Waals surface area contributed by atoms with Crippen molar-refractivity contribution in [2.75, 3.05) is 0 Å². The summed E-state index contributed by atoms with van der Waals surface area (Å²) in [4.78, 5) is 23.1. The van der Waals surface area contributed by atoms with Crippen molar-refractivity contribution in [3.63, 3.8) is 0 Å². The number of nitrogens with one attached hydrogen (secondary N) is 1. The SMILES string of the molecule is CC(=O)CC/C=C(\C)CC/C=C(\C)CC/C=C(\C)CC/C=C(\C)CC/C=C(\C)C(=O)NC(C)(C)C. The molecule has 0 aliphatic heterocycles. The minimum Gasteiger partial charge on any atom is -0.348 e. The summed E-state index contributed by atoms with van der Waals surface area (Å²) in [6, 6.07) is 0. The molecule has 0 atom stereocenters. The summed E-state index contributed by atoms with van der Waals surface area (Å²) in [6.45, 7) is 18.4. The van der Waals surface area contributed by atoms with Gasteiger partial charge in [0, 0.05) is 17.5 Å². The van der Waals surface area contributed by atoms with Gasteiger partial charge in [-0.15, -0.1) is 0 Å². The average Bonchev–Trinajstić information content (AvgIpc) is 2.72. The highest BCUT2D eigenvalue weighted by Gasteiger charge is 2.14. The molecule has 198 valence electrons. The molecule has 0 radical (unpaired) electrons. The maximum atomic E-state index is 12.1. The van der Waals surface area contributed by atoms with Crippen LogP contribution in [0.3, 0.4) is 0 Å². The van der Waals surface area contributed by atoms with Crippen molar-refractivity contribution in [1.29, 1.82) is 0 Å². The van der Waals surface area contributed by atoms with Crippen LogP contribution in [0, 0.1) is 0 Å². The Morgan fingerprint density at radius 2 is 0.857 bits per heavy atom. The number of ketones is 1. The number of carbonyl (C=O) groups is 2. The Bertz CT molecular complexity index is 813. The summed E-state index contributed by atoms with van der Waals surface area (Å²) in [7, 11) is 0. The van der Waals surface area contributed by atoms with Gasteiger partial charge < -0.3 is 10.1 Å². The van der Waals surface area contributed by atoms with Gasteiger partial charge in [-0.25, -0.2) is 0 Å². The van der Waals surface area contributed by atoms with Crippen LogP contribution in [0.25, 0.3) is 0 Å². The predicted octanol–water partition coefficient (Wildman–Crippen LogP) is 9.12. The number of carbonyl (C=O) groups excluding carboxylic acids is 2. The molecule has 0 aromatic rings. The Morgan fingerprint density at radius 1 is 0.543 bits per heavy atom. The van der Waals surface area contributed by atoms with Crippen LogP contribution in [-0.4, -0.2) is 17.2 Å². The zero-order chi connectivity index (χ0) is 26.9. The van der Waals surface area contributed by atoms with E-state index in [0.29, 0.717) is 6.42 Å². The van der Waals surface area contributed by atoms with Crippen LogP contribution in [0.2, 0.25) is 0 Å². The van der Waals surface area contributed by atoms with Gasteiger partial charge in [-0.05, 0) is 120 Å². The van der Waals surface area contributed by atoms with Gasteiger partial charge in [-0.2, -0.15) is 0 Å². The molecule has 35 heavy (non-hydrogen) atoms. The number of rotatable bonds is 16. The van der Waals surface area contributed by atoms with Gasteiger partial charge in [0.15, 0.2) is 0 Å². The first kappa shape index (κ1) is 32.8. The van der Waals surface area contributed by atoms with Crippen LogP contribution in [0.15, 0.2) is 58.2 Å². The fourth-order valence-corrected chi connectivity index (χ4v) is 3.62. The fourth-order valence-electron chi connectivity index (χ4n) is 3.62. The standard InChI is InChI=1S/C32H53NO2/c1-25(15-10-16-26(2)18-12-20-28(4)22-14-24-30(6)34)17-11-19-27(3)21-13-23-29(5)31(35)33-32(7,8)9/h15,18-19,22-23H,10-14,16-17,20-21,24H2,1-9H3,(H,33,35)/b25-15+,26-18+,27-19+,28-22+,29-23+. The maximum absolute atomic E-state index is 12.1. The summed E-state index contributed by atoms with van der Waals surface area (Å²) >= 11 is 0. The first-order chi connectivity index (χ1) is 16.3. The molecule has 0 rings (SSSR count). The van der Waals surface area contributed by atoms with Crippen LogP contribution in [-0.2, 0) is 9.59 Å². The molecule has 3 heteroatoms. The monoisotopic (exact) mass is 483 g/mol. The molecule has 3 nitrogen and oxygen atoms in total. The second-order valence-electron chi connectivity index (χ2n) is 11.2. The van der Waals surface area contributed by atoms with Crippen molar-refractivity contribution in [2.45, 2.75) is 132 Å². The van der Waals surface area contributed by atoms with Gasteiger partial charge >= 0.3 is 0 Å². The topological polar surface area (TPSA) is 46.2 Å². The lowest BCUT2D eigenvalue weighted by atomic mass is 10.0. The molecule has 0 aromatic carbocycles. The quantitative estimate of drug-likeness (QED) is 0.176. The van der Waals surface area contributed by atoms with Gasteiger partial charge in [0.1, 0.15) is 5.78 Å². The Morgan fingerprint density at radius 3 is 1.17 bits per heavy atom. The Balaban J connectivity index is 4.23. The van der Waals surface area contributed by atoms with E-state index in [4.69, 9.17) is 0 Å².